The van der Waals surface area contributed by atoms with E-state index in [0.717, 1.165) is 31.4 Å². The Kier molecular flexibility index (Phi) is 10.9. The van der Waals surface area contributed by atoms with Gasteiger partial charge in [-0.25, -0.2) is 4.79 Å². The largest absolute Gasteiger partial charge is 0.493 e. The first-order valence-electron chi connectivity index (χ1n) is 12.1. The minimum Gasteiger partial charge on any atom is -0.493 e. The normalized spacial score (nSPS) is 12.5. The van der Waals surface area contributed by atoms with Gasteiger partial charge in [0, 0.05) is 0 Å². The van der Waals surface area contributed by atoms with Crippen molar-refractivity contribution < 1.29 is 28.8 Å². The summed E-state index contributed by atoms with van der Waals surface area (Å²) in [5, 5.41) is 23.2. The number of carboxylic acid groups (broad SMARTS) is 1. The SMILES string of the molecule is COc1ccc(C(C#N)(CCCCNCCc2cc(OC)c(OC)cc2C(=O)O)C(C)C)cc1OC. The molecule has 0 amide bonds. The van der Waals surface area contributed by atoms with Crippen molar-refractivity contribution in [3.63, 3.8) is 0 Å². The Hall–Kier alpha value is -3.44. The van der Waals surface area contributed by atoms with Crippen LogP contribution in [-0.4, -0.2) is 52.6 Å². The number of nitrogens with one attached hydrogen (secondary N) is 1. The van der Waals surface area contributed by atoms with E-state index in [9.17, 15) is 15.2 Å². The number of hydrogen-bond donors (Lipinski definition) is 2. The lowest BCUT2D eigenvalue weighted by Gasteiger charge is -2.32. The Morgan fingerprint density at radius 2 is 1.56 bits per heavy atom. The molecule has 0 fully saturated rings. The third-order valence-corrected chi connectivity index (χ3v) is 6.67. The molecule has 1 unspecified atom stereocenters. The van der Waals surface area contributed by atoms with Crippen LogP contribution < -0.4 is 24.3 Å². The van der Waals surface area contributed by atoms with Gasteiger partial charge < -0.3 is 29.4 Å². The third kappa shape index (κ3) is 6.61. The molecule has 0 bridgehead atoms. The number of benzene rings is 2. The molecule has 0 saturated heterocycles. The third-order valence-electron chi connectivity index (χ3n) is 6.67. The first-order chi connectivity index (χ1) is 17.3. The van der Waals surface area contributed by atoms with Crippen LogP contribution in [-0.2, 0) is 11.8 Å². The fourth-order valence-corrected chi connectivity index (χ4v) is 4.46. The average Bonchev–Trinajstić information content (AvgIpc) is 2.89. The molecule has 0 saturated carbocycles. The molecule has 0 aliphatic carbocycles. The van der Waals surface area contributed by atoms with Gasteiger partial charge in [-0.15, -0.1) is 0 Å². The smallest absolute Gasteiger partial charge is 0.336 e. The van der Waals surface area contributed by atoms with E-state index in [1.165, 1.54) is 20.3 Å². The number of carboxylic acids is 1. The van der Waals surface area contributed by atoms with Crippen molar-refractivity contribution in [3.8, 4) is 29.1 Å². The minimum atomic E-state index is -0.998. The van der Waals surface area contributed by atoms with Crippen LogP contribution in [0.4, 0.5) is 0 Å². The number of methoxy groups -OCH3 is 4. The minimum absolute atomic E-state index is 0.119. The molecule has 0 spiro atoms. The molecular formula is C28H38N2O6. The lowest BCUT2D eigenvalue weighted by atomic mass is 9.69. The molecular weight excluding hydrogens is 460 g/mol. The molecule has 8 heteroatoms. The van der Waals surface area contributed by atoms with Crippen molar-refractivity contribution in [2.24, 2.45) is 5.92 Å². The van der Waals surface area contributed by atoms with E-state index in [4.69, 9.17) is 18.9 Å². The van der Waals surface area contributed by atoms with Crippen LogP contribution in [0.1, 0.15) is 54.6 Å². The lowest BCUT2D eigenvalue weighted by Crippen LogP contribution is -2.31. The van der Waals surface area contributed by atoms with Gasteiger partial charge in [0.1, 0.15) is 0 Å². The van der Waals surface area contributed by atoms with Gasteiger partial charge in [0.15, 0.2) is 23.0 Å². The first-order valence-corrected chi connectivity index (χ1v) is 12.1. The number of rotatable bonds is 15. The van der Waals surface area contributed by atoms with Crippen molar-refractivity contribution in [2.75, 3.05) is 41.5 Å². The summed E-state index contributed by atoms with van der Waals surface area (Å²) in [7, 11) is 6.20. The van der Waals surface area contributed by atoms with Gasteiger partial charge in [-0.05, 0) is 73.7 Å². The van der Waals surface area contributed by atoms with E-state index in [1.54, 1.807) is 20.3 Å². The average molecular weight is 499 g/mol. The predicted molar refractivity (Wildman–Crippen MR) is 139 cm³/mol. The van der Waals surface area contributed by atoms with Crippen molar-refractivity contribution in [1.29, 1.82) is 5.26 Å². The van der Waals surface area contributed by atoms with E-state index in [-0.39, 0.29) is 11.5 Å². The summed E-state index contributed by atoms with van der Waals surface area (Å²) in [5.74, 6) is 1.28. The highest BCUT2D eigenvalue weighted by Gasteiger charge is 2.36. The van der Waals surface area contributed by atoms with E-state index >= 15 is 0 Å². The zero-order valence-corrected chi connectivity index (χ0v) is 22.1. The summed E-state index contributed by atoms with van der Waals surface area (Å²) in [5.41, 5.74) is 1.19. The van der Waals surface area contributed by atoms with Crippen LogP contribution in [0.3, 0.4) is 0 Å². The quantitative estimate of drug-likeness (QED) is 0.336. The van der Waals surface area contributed by atoms with Crippen molar-refractivity contribution in [2.45, 2.75) is 44.9 Å². The molecule has 0 heterocycles. The summed E-state index contributed by atoms with van der Waals surface area (Å²) in [4.78, 5) is 11.7. The monoisotopic (exact) mass is 498 g/mol. The van der Waals surface area contributed by atoms with Crippen LogP contribution in [0.25, 0.3) is 0 Å². The molecule has 0 aliphatic heterocycles. The van der Waals surface area contributed by atoms with Crippen LogP contribution in [0, 0.1) is 17.2 Å². The molecule has 0 aliphatic rings. The number of nitrogens with zero attached hydrogens (tertiary/aromatic N) is 1. The maximum atomic E-state index is 11.7. The molecule has 2 N–H and O–H groups in total. The second-order valence-electron chi connectivity index (χ2n) is 8.93. The van der Waals surface area contributed by atoms with Crippen LogP contribution >= 0.6 is 0 Å². The lowest BCUT2D eigenvalue weighted by molar-refractivity contribution is 0.0695. The Morgan fingerprint density at radius 1 is 0.944 bits per heavy atom. The van der Waals surface area contributed by atoms with E-state index in [1.807, 2.05) is 18.2 Å². The zero-order chi connectivity index (χ0) is 26.7. The topological polar surface area (TPSA) is 110 Å². The molecule has 2 aromatic rings. The van der Waals surface area contributed by atoms with Crippen molar-refractivity contribution in [3.05, 3.63) is 47.0 Å². The van der Waals surface area contributed by atoms with E-state index < -0.39 is 11.4 Å². The number of ether oxygens (including phenoxy) is 4. The molecule has 0 aromatic heterocycles. The second kappa shape index (κ2) is 13.6. The second-order valence-corrected chi connectivity index (χ2v) is 8.93. The zero-order valence-electron chi connectivity index (χ0n) is 22.1. The Balaban J connectivity index is 1.97. The first kappa shape index (κ1) is 28.8. The summed E-state index contributed by atoms with van der Waals surface area (Å²) in [6.45, 7) is 5.53. The van der Waals surface area contributed by atoms with Crippen LogP contribution in [0.15, 0.2) is 30.3 Å². The van der Waals surface area contributed by atoms with Gasteiger partial charge in [0.2, 0.25) is 0 Å². The summed E-state index contributed by atoms with van der Waals surface area (Å²) < 4.78 is 21.3. The van der Waals surface area contributed by atoms with Gasteiger partial charge in [-0.1, -0.05) is 26.3 Å². The fraction of sp³-hybridized carbons (Fsp3) is 0.500. The number of carbonyl (C=O) groups is 1. The van der Waals surface area contributed by atoms with Crippen LogP contribution in [0.2, 0.25) is 0 Å². The Morgan fingerprint density at radius 3 is 2.11 bits per heavy atom. The van der Waals surface area contributed by atoms with E-state index in [2.05, 4.69) is 25.2 Å². The highest BCUT2D eigenvalue weighted by molar-refractivity contribution is 5.90. The predicted octanol–water partition coefficient (Wildman–Crippen LogP) is 4.84. The molecule has 2 rings (SSSR count). The number of aromatic carboxylic acids is 1. The highest BCUT2D eigenvalue weighted by atomic mass is 16.5. The molecule has 1 atom stereocenters. The standard InChI is InChI=1S/C28H38N2O6/c1-19(2)28(18-29,21-9-10-23(33-3)25(16-21)35-5)12-7-8-13-30-14-11-20-15-24(34-4)26(36-6)17-22(20)27(31)32/h9-10,15-17,19,30H,7-8,11-14H2,1-6H3,(H,31,32). The summed E-state index contributed by atoms with van der Waals surface area (Å²) in [6.07, 6.45) is 3.02. The van der Waals surface area contributed by atoms with Gasteiger partial charge in [0.05, 0.1) is 45.5 Å². The van der Waals surface area contributed by atoms with Gasteiger partial charge in [-0.3, -0.25) is 0 Å². The van der Waals surface area contributed by atoms with Crippen molar-refractivity contribution >= 4 is 5.97 Å². The molecule has 0 radical (unpaired) electrons. The summed E-state index contributed by atoms with van der Waals surface area (Å²) in [6, 6.07) is 11.5. The van der Waals surface area contributed by atoms with Gasteiger partial charge in [-0.2, -0.15) is 5.26 Å². The highest BCUT2D eigenvalue weighted by Crippen LogP contribution is 2.40. The number of nitriles is 1. The number of unbranched alkanes of at least 4 members (excludes halogenated alkanes) is 1. The van der Waals surface area contributed by atoms with Gasteiger partial charge in [0.25, 0.3) is 0 Å². The maximum absolute atomic E-state index is 11.7. The summed E-state index contributed by atoms with van der Waals surface area (Å²) >= 11 is 0. The Bertz CT molecular complexity index is 1060. The molecule has 2 aromatic carbocycles. The van der Waals surface area contributed by atoms with Crippen LogP contribution in [0.5, 0.6) is 23.0 Å². The fourth-order valence-electron chi connectivity index (χ4n) is 4.46. The van der Waals surface area contributed by atoms with Crippen molar-refractivity contribution in [1.82, 2.24) is 5.32 Å². The molecule has 196 valence electrons. The molecule has 36 heavy (non-hydrogen) atoms. The van der Waals surface area contributed by atoms with E-state index in [0.29, 0.717) is 41.5 Å². The number of hydrogen-bond acceptors (Lipinski definition) is 7. The Labute approximate surface area is 214 Å². The maximum Gasteiger partial charge on any atom is 0.336 e. The molecule has 8 nitrogen and oxygen atoms in total. The van der Waals surface area contributed by atoms with Gasteiger partial charge >= 0.3 is 5.97 Å².